The average Bonchev–Trinajstić information content (AvgIpc) is 2.62. The van der Waals surface area contributed by atoms with Crippen molar-refractivity contribution < 1.29 is 9.47 Å². The topological polar surface area (TPSA) is 33.7 Å². The molecule has 0 aromatic heterocycles. The van der Waals surface area contributed by atoms with Crippen molar-refractivity contribution in [3.05, 3.63) is 57.6 Å². The Balaban J connectivity index is 0.00000392. The quantitative estimate of drug-likeness (QED) is 0.406. The molecule has 0 heterocycles. The van der Waals surface area contributed by atoms with Crippen molar-refractivity contribution in [3.63, 3.8) is 0 Å². The fraction of sp³-hybridized carbons (Fsp3) is 0.429. The number of nitrogens with one attached hydrogen (secondary N) is 1. The highest BCUT2D eigenvalue weighted by molar-refractivity contribution is 6.32. The fourth-order valence-corrected chi connectivity index (χ4v) is 3.03. The minimum atomic E-state index is 0. The molecule has 29 heavy (non-hydrogen) atoms. The van der Waals surface area contributed by atoms with E-state index in [1.54, 1.807) is 0 Å². The minimum absolute atomic E-state index is 0. The van der Waals surface area contributed by atoms with Gasteiger partial charge in [0.15, 0.2) is 11.5 Å². The van der Waals surface area contributed by atoms with Gasteiger partial charge in [-0.05, 0) is 75.9 Å². The van der Waals surface area contributed by atoms with Crippen molar-refractivity contribution >= 4 is 48.0 Å². The Hall–Kier alpha value is -0.880. The zero-order valence-corrected chi connectivity index (χ0v) is 20.2. The summed E-state index contributed by atoms with van der Waals surface area (Å²) >= 11 is 12.4. The Morgan fingerprint density at radius 3 is 2.28 bits per heavy atom. The number of halogens is 4. The Kier molecular flexibility index (Phi) is 14.5. The molecule has 0 spiro atoms. The summed E-state index contributed by atoms with van der Waals surface area (Å²) in [5, 5.41) is 4.70. The molecule has 0 fully saturated rings. The van der Waals surface area contributed by atoms with E-state index in [1.807, 2.05) is 43.3 Å². The maximum Gasteiger partial charge on any atom is 0.180 e. The predicted octanol–water partition coefficient (Wildman–Crippen LogP) is 5.86. The largest absolute Gasteiger partial charge is 0.490 e. The standard InChI is InChI=1S/C21H28Cl2N2O2.2ClH/c1-4-26-20-13-17(14-24-10-5-11-25(2)3)12-19(23)21(20)27-15-16-6-8-18(22)9-7-16;;/h6-9,12-13,24H,4-5,10-11,14-15H2,1-3H3;2*1H. The molecule has 0 aliphatic rings. The third-order valence-corrected chi connectivity index (χ3v) is 4.49. The molecule has 0 atom stereocenters. The Morgan fingerprint density at radius 2 is 1.66 bits per heavy atom. The molecule has 2 aromatic carbocycles. The molecule has 0 unspecified atom stereocenters. The third kappa shape index (κ3) is 10.1. The smallest absolute Gasteiger partial charge is 0.180 e. The molecule has 2 rings (SSSR count). The van der Waals surface area contributed by atoms with Gasteiger partial charge in [-0.3, -0.25) is 0 Å². The Morgan fingerprint density at radius 1 is 0.966 bits per heavy atom. The summed E-state index contributed by atoms with van der Waals surface area (Å²) in [7, 11) is 4.16. The van der Waals surface area contributed by atoms with E-state index in [1.165, 1.54) is 0 Å². The lowest BCUT2D eigenvalue weighted by atomic mass is 10.2. The van der Waals surface area contributed by atoms with Crippen LogP contribution >= 0.6 is 48.0 Å². The number of hydrogen-bond acceptors (Lipinski definition) is 4. The second-order valence-corrected chi connectivity index (χ2v) is 7.43. The van der Waals surface area contributed by atoms with E-state index < -0.39 is 0 Å². The van der Waals surface area contributed by atoms with Gasteiger partial charge in [0.05, 0.1) is 11.6 Å². The molecule has 0 bridgehead atoms. The number of rotatable bonds is 11. The first-order valence-corrected chi connectivity index (χ1v) is 9.93. The Labute approximate surface area is 196 Å². The molecule has 4 nitrogen and oxygen atoms in total. The highest BCUT2D eigenvalue weighted by atomic mass is 35.5. The van der Waals surface area contributed by atoms with Gasteiger partial charge in [0.2, 0.25) is 0 Å². The van der Waals surface area contributed by atoms with Crippen LogP contribution in [0.4, 0.5) is 0 Å². The van der Waals surface area contributed by atoms with Crippen LogP contribution in [-0.2, 0) is 13.2 Å². The van der Waals surface area contributed by atoms with Gasteiger partial charge >= 0.3 is 0 Å². The van der Waals surface area contributed by atoms with Crippen LogP contribution in [0.2, 0.25) is 10.0 Å². The van der Waals surface area contributed by atoms with Gasteiger partial charge in [0, 0.05) is 11.6 Å². The van der Waals surface area contributed by atoms with Crippen molar-refractivity contribution in [2.24, 2.45) is 0 Å². The first kappa shape index (κ1) is 28.1. The molecule has 0 saturated heterocycles. The second-order valence-electron chi connectivity index (χ2n) is 6.59. The van der Waals surface area contributed by atoms with Crippen LogP contribution in [0.5, 0.6) is 11.5 Å². The summed E-state index contributed by atoms with van der Waals surface area (Å²) in [6, 6.07) is 11.5. The van der Waals surface area contributed by atoms with E-state index in [4.69, 9.17) is 32.7 Å². The molecule has 0 saturated carbocycles. The number of benzene rings is 2. The molecule has 0 radical (unpaired) electrons. The Bertz CT molecular complexity index is 713. The van der Waals surface area contributed by atoms with E-state index in [-0.39, 0.29) is 24.8 Å². The number of nitrogens with zero attached hydrogens (tertiary/aromatic N) is 1. The summed E-state index contributed by atoms with van der Waals surface area (Å²) in [6.07, 6.45) is 1.10. The molecule has 1 N–H and O–H groups in total. The van der Waals surface area contributed by atoms with Crippen molar-refractivity contribution in [3.8, 4) is 11.5 Å². The maximum atomic E-state index is 6.48. The van der Waals surface area contributed by atoms with Gasteiger partial charge in [0.25, 0.3) is 0 Å². The first-order valence-electron chi connectivity index (χ1n) is 9.17. The fourth-order valence-electron chi connectivity index (χ4n) is 2.62. The summed E-state index contributed by atoms with van der Waals surface area (Å²) in [6.45, 7) is 5.66. The number of hydrogen-bond donors (Lipinski definition) is 1. The van der Waals surface area contributed by atoms with E-state index in [9.17, 15) is 0 Å². The lowest BCUT2D eigenvalue weighted by molar-refractivity contribution is 0.269. The first-order chi connectivity index (χ1) is 13.0. The van der Waals surface area contributed by atoms with Gasteiger partial charge in [0.1, 0.15) is 6.61 Å². The van der Waals surface area contributed by atoms with Crippen molar-refractivity contribution in [1.29, 1.82) is 0 Å². The second kappa shape index (κ2) is 15.0. The summed E-state index contributed by atoms with van der Waals surface area (Å²) in [5.74, 6) is 1.24. The zero-order chi connectivity index (χ0) is 19.6. The molecule has 2 aromatic rings. The van der Waals surface area contributed by atoms with Crippen LogP contribution < -0.4 is 14.8 Å². The molecule has 0 aliphatic carbocycles. The molecule has 0 amide bonds. The van der Waals surface area contributed by atoms with Crippen LogP contribution in [0.15, 0.2) is 36.4 Å². The maximum absolute atomic E-state index is 6.48. The predicted molar refractivity (Wildman–Crippen MR) is 128 cm³/mol. The van der Waals surface area contributed by atoms with Crippen LogP contribution in [0.25, 0.3) is 0 Å². The van der Waals surface area contributed by atoms with E-state index >= 15 is 0 Å². The SMILES string of the molecule is CCOc1cc(CNCCCN(C)C)cc(Cl)c1OCc1ccc(Cl)cc1.Cl.Cl. The van der Waals surface area contributed by atoms with Crippen molar-refractivity contribution in [2.45, 2.75) is 26.5 Å². The molecule has 0 aliphatic heterocycles. The summed E-state index contributed by atoms with van der Waals surface area (Å²) in [5.41, 5.74) is 2.09. The minimum Gasteiger partial charge on any atom is -0.490 e. The highest BCUT2D eigenvalue weighted by Crippen LogP contribution is 2.37. The van der Waals surface area contributed by atoms with Gasteiger partial charge in [-0.2, -0.15) is 0 Å². The van der Waals surface area contributed by atoms with Gasteiger partial charge < -0.3 is 19.7 Å². The van der Waals surface area contributed by atoms with E-state index in [2.05, 4.69) is 24.3 Å². The third-order valence-electron chi connectivity index (χ3n) is 3.95. The van der Waals surface area contributed by atoms with Crippen LogP contribution in [0, 0.1) is 0 Å². The average molecular weight is 484 g/mol. The van der Waals surface area contributed by atoms with Gasteiger partial charge in [-0.15, -0.1) is 24.8 Å². The lowest BCUT2D eigenvalue weighted by Crippen LogP contribution is -2.21. The molecule has 164 valence electrons. The van der Waals surface area contributed by atoms with Crippen LogP contribution in [0.1, 0.15) is 24.5 Å². The molecular formula is C21H30Cl4N2O2. The highest BCUT2D eigenvalue weighted by Gasteiger charge is 2.13. The molecule has 8 heteroatoms. The van der Waals surface area contributed by atoms with Crippen molar-refractivity contribution in [2.75, 3.05) is 33.8 Å². The normalized spacial score (nSPS) is 10.3. The van der Waals surface area contributed by atoms with Gasteiger partial charge in [-0.25, -0.2) is 0 Å². The van der Waals surface area contributed by atoms with Crippen LogP contribution in [0.3, 0.4) is 0 Å². The lowest BCUT2D eigenvalue weighted by Gasteiger charge is -2.16. The van der Waals surface area contributed by atoms with Crippen LogP contribution in [-0.4, -0.2) is 38.7 Å². The molecular weight excluding hydrogens is 454 g/mol. The van der Waals surface area contributed by atoms with E-state index in [0.717, 1.165) is 37.2 Å². The summed E-state index contributed by atoms with van der Waals surface area (Å²) < 4.78 is 11.7. The van der Waals surface area contributed by atoms with E-state index in [0.29, 0.717) is 34.8 Å². The zero-order valence-electron chi connectivity index (χ0n) is 17.0. The monoisotopic (exact) mass is 482 g/mol. The summed E-state index contributed by atoms with van der Waals surface area (Å²) in [4.78, 5) is 2.18. The van der Waals surface area contributed by atoms with Crippen molar-refractivity contribution in [1.82, 2.24) is 10.2 Å². The van der Waals surface area contributed by atoms with Gasteiger partial charge in [-0.1, -0.05) is 35.3 Å². The number of ether oxygens (including phenoxy) is 2.